The third-order valence-electron chi connectivity index (χ3n) is 4.33. The number of alkyl halides is 3. The van der Waals surface area contributed by atoms with Crippen molar-refractivity contribution in [3.8, 4) is 5.75 Å². The Morgan fingerprint density at radius 3 is 2.43 bits per heavy atom. The second kappa shape index (κ2) is 8.03. The molecule has 0 aliphatic carbocycles. The molecule has 2 amide bonds. The summed E-state index contributed by atoms with van der Waals surface area (Å²) < 4.78 is 39.8. The summed E-state index contributed by atoms with van der Waals surface area (Å²) in [6, 6.07) is 9.57. The van der Waals surface area contributed by atoms with Gasteiger partial charge >= 0.3 is 18.0 Å². The van der Waals surface area contributed by atoms with Gasteiger partial charge in [0.2, 0.25) is 5.82 Å². The van der Waals surface area contributed by atoms with Crippen LogP contribution in [0.4, 0.5) is 18.9 Å². The molecule has 11 heteroatoms. The Labute approximate surface area is 168 Å². The Kier molecular flexibility index (Phi) is 5.65. The van der Waals surface area contributed by atoms with Crippen molar-refractivity contribution in [2.45, 2.75) is 12.3 Å². The molecule has 3 rings (SSSR count). The molecule has 4 N–H and O–H groups in total. The molecule has 0 spiro atoms. The average Bonchev–Trinajstić information content (AvgIpc) is 3.02. The molecule has 2 aromatic carbocycles. The highest BCUT2D eigenvalue weighted by molar-refractivity contribution is 6.39. The lowest BCUT2D eigenvalue weighted by atomic mass is 10.1. The van der Waals surface area contributed by atoms with E-state index in [2.05, 4.69) is 15.6 Å². The fourth-order valence-corrected chi connectivity index (χ4v) is 2.80. The third kappa shape index (κ3) is 4.51. The summed E-state index contributed by atoms with van der Waals surface area (Å²) in [5.74, 6) is -3.16. The zero-order chi connectivity index (χ0) is 22.1. The maximum Gasteiger partial charge on any atom is 0.449 e. The van der Waals surface area contributed by atoms with E-state index in [0.717, 1.165) is 4.57 Å². The predicted octanol–water partition coefficient (Wildman–Crippen LogP) is 2.09. The van der Waals surface area contributed by atoms with Crippen LogP contribution in [0.3, 0.4) is 0 Å². The molecule has 0 bridgehead atoms. The number of hydrogen-bond acceptors (Lipinski definition) is 5. The Morgan fingerprint density at radius 1 is 1.13 bits per heavy atom. The van der Waals surface area contributed by atoms with Gasteiger partial charge < -0.3 is 25.4 Å². The maximum atomic E-state index is 13.0. The SMILES string of the molecule is Cn1c(C(F)(F)F)nc2cc(NC(=O)C(=O)NCC(O)c3ccc(O)cc3)ccc21. The van der Waals surface area contributed by atoms with E-state index in [4.69, 9.17) is 0 Å². The quantitative estimate of drug-likeness (QED) is 0.481. The van der Waals surface area contributed by atoms with E-state index in [1.165, 1.54) is 49.5 Å². The van der Waals surface area contributed by atoms with Crippen LogP contribution < -0.4 is 10.6 Å². The number of aliphatic hydroxyl groups is 1. The van der Waals surface area contributed by atoms with Gasteiger partial charge in [-0.2, -0.15) is 13.2 Å². The minimum atomic E-state index is -4.63. The first-order chi connectivity index (χ1) is 14.1. The van der Waals surface area contributed by atoms with E-state index in [-0.39, 0.29) is 29.0 Å². The van der Waals surface area contributed by atoms with Crippen LogP contribution in [0.25, 0.3) is 11.0 Å². The van der Waals surface area contributed by atoms with Crippen molar-refractivity contribution < 1.29 is 33.0 Å². The minimum absolute atomic E-state index is 0.00536. The molecular weight excluding hydrogens is 405 g/mol. The summed E-state index contributed by atoms with van der Waals surface area (Å²) in [4.78, 5) is 27.5. The minimum Gasteiger partial charge on any atom is -0.508 e. The van der Waals surface area contributed by atoms with Crippen LogP contribution in [0.15, 0.2) is 42.5 Å². The van der Waals surface area contributed by atoms with E-state index in [0.29, 0.717) is 5.56 Å². The van der Waals surface area contributed by atoms with E-state index in [1.807, 2.05) is 0 Å². The van der Waals surface area contributed by atoms with Crippen LogP contribution in [0.1, 0.15) is 17.5 Å². The molecule has 1 aromatic heterocycles. The summed E-state index contributed by atoms with van der Waals surface area (Å²) in [5.41, 5.74) is 0.732. The van der Waals surface area contributed by atoms with Gasteiger partial charge in [-0.3, -0.25) is 9.59 Å². The second-order valence-electron chi connectivity index (χ2n) is 6.47. The van der Waals surface area contributed by atoms with Crippen molar-refractivity contribution >= 4 is 28.5 Å². The van der Waals surface area contributed by atoms with Gasteiger partial charge in [-0.05, 0) is 35.9 Å². The number of carbonyl (C=O) groups is 2. The molecule has 0 aliphatic heterocycles. The number of anilines is 1. The zero-order valence-corrected chi connectivity index (χ0v) is 15.6. The molecule has 8 nitrogen and oxygen atoms in total. The number of nitrogens with one attached hydrogen (secondary N) is 2. The molecule has 158 valence electrons. The number of carbonyl (C=O) groups excluding carboxylic acids is 2. The molecule has 0 aliphatic rings. The fourth-order valence-electron chi connectivity index (χ4n) is 2.80. The number of aryl methyl sites for hydroxylation is 1. The van der Waals surface area contributed by atoms with Crippen LogP contribution in [0, 0.1) is 0 Å². The van der Waals surface area contributed by atoms with Crippen molar-refractivity contribution in [1.29, 1.82) is 0 Å². The number of aromatic nitrogens is 2. The van der Waals surface area contributed by atoms with Crippen LogP contribution >= 0.6 is 0 Å². The normalized spacial score (nSPS) is 12.6. The molecule has 0 fully saturated rings. The van der Waals surface area contributed by atoms with Gasteiger partial charge in [0, 0.05) is 19.3 Å². The molecule has 0 radical (unpaired) electrons. The number of aliphatic hydroxyl groups excluding tert-OH is 1. The molecule has 30 heavy (non-hydrogen) atoms. The van der Waals surface area contributed by atoms with Gasteiger partial charge in [0.15, 0.2) is 0 Å². The zero-order valence-electron chi connectivity index (χ0n) is 15.6. The van der Waals surface area contributed by atoms with Crippen molar-refractivity contribution in [2.24, 2.45) is 7.05 Å². The number of phenolic OH excluding ortho intramolecular Hbond substituents is 1. The number of phenols is 1. The first-order valence-electron chi connectivity index (χ1n) is 8.66. The Balaban J connectivity index is 1.64. The van der Waals surface area contributed by atoms with E-state index in [9.17, 15) is 33.0 Å². The lowest BCUT2D eigenvalue weighted by Gasteiger charge is -2.12. The molecule has 0 saturated heterocycles. The predicted molar refractivity (Wildman–Crippen MR) is 100 cm³/mol. The number of hydrogen-bond donors (Lipinski definition) is 4. The van der Waals surface area contributed by atoms with Gasteiger partial charge in [0.1, 0.15) is 5.75 Å². The Hall–Kier alpha value is -3.60. The Bertz CT molecular complexity index is 1090. The van der Waals surface area contributed by atoms with Crippen molar-refractivity contribution in [2.75, 3.05) is 11.9 Å². The monoisotopic (exact) mass is 422 g/mol. The van der Waals surface area contributed by atoms with Crippen molar-refractivity contribution in [3.63, 3.8) is 0 Å². The fraction of sp³-hybridized carbons (Fsp3) is 0.211. The van der Waals surface area contributed by atoms with Gasteiger partial charge in [0.05, 0.1) is 17.1 Å². The number of rotatable bonds is 4. The number of halogens is 3. The Morgan fingerprint density at radius 2 is 1.80 bits per heavy atom. The molecule has 1 heterocycles. The lowest BCUT2D eigenvalue weighted by Crippen LogP contribution is -2.37. The van der Waals surface area contributed by atoms with Crippen LogP contribution in [-0.2, 0) is 22.8 Å². The number of amides is 2. The highest BCUT2D eigenvalue weighted by atomic mass is 19.4. The molecule has 3 aromatic rings. The van der Waals surface area contributed by atoms with E-state index < -0.39 is 29.9 Å². The summed E-state index contributed by atoms with van der Waals surface area (Å²) in [7, 11) is 1.23. The number of nitrogens with zero attached hydrogens (tertiary/aromatic N) is 2. The summed E-state index contributed by atoms with van der Waals surface area (Å²) in [6.07, 6.45) is -5.73. The van der Waals surface area contributed by atoms with Gasteiger partial charge in [-0.1, -0.05) is 12.1 Å². The van der Waals surface area contributed by atoms with Crippen LogP contribution in [-0.4, -0.2) is 38.1 Å². The molecule has 1 unspecified atom stereocenters. The lowest BCUT2D eigenvalue weighted by molar-refractivity contribution is -0.146. The van der Waals surface area contributed by atoms with E-state index >= 15 is 0 Å². The number of fused-ring (bicyclic) bond motifs is 1. The molecular formula is C19H17F3N4O4. The standard InChI is InChI=1S/C19H17F3N4O4/c1-26-14-7-4-11(8-13(14)25-18(26)19(20,21)22)24-17(30)16(29)23-9-15(28)10-2-5-12(27)6-3-10/h2-8,15,27-28H,9H2,1H3,(H,23,29)(H,24,30). The highest BCUT2D eigenvalue weighted by Crippen LogP contribution is 2.31. The first kappa shape index (κ1) is 21.1. The summed E-state index contributed by atoms with van der Waals surface area (Å²) in [6.45, 7) is -0.259. The molecule has 1 atom stereocenters. The largest absolute Gasteiger partial charge is 0.508 e. The van der Waals surface area contributed by atoms with Crippen molar-refractivity contribution in [1.82, 2.24) is 14.9 Å². The van der Waals surface area contributed by atoms with Crippen LogP contribution in [0.5, 0.6) is 5.75 Å². The topological polar surface area (TPSA) is 116 Å². The summed E-state index contributed by atoms with van der Waals surface area (Å²) >= 11 is 0. The highest BCUT2D eigenvalue weighted by Gasteiger charge is 2.36. The smallest absolute Gasteiger partial charge is 0.449 e. The number of aromatic hydroxyl groups is 1. The number of imidazole rings is 1. The average molecular weight is 422 g/mol. The summed E-state index contributed by atoms with van der Waals surface area (Å²) in [5, 5.41) is 23.8. The first-order valence-corrected chi connectivity index (χ1v) is 8.66. The maximum absolute atomic E-state index is 13.0. The second-order valence-corrected chi connectivity index (χ2v) is 6.47. The van der Waals surface area contributed by atoms with Gasteiger partial charge in [-0.15, -0.1) is 0 Å². The van der Waals surface area contributed by atoms with Gasteiger partial charge in [0.25, 0.3) is 0 Å². The van der Waals surface area contributed by atoms with E-state index in [1.54, 1.807) is 0 Å². The third-order valence-corrected chi connectivity index (χ3v) is 4.33. The molecule has 0 saturated carbocycles. The van der Waals surface area contributed by atoms with Crippen LogP contribution in [0.2, 0.25) is 0 Å². The van der Waals surface area contributed by atoms with Crippen molar-refractivity contribution in [3.05, 3.63) is 53.9 Å². The van der Waals surface area contributed by atoms with Gasteiger partial charge in [-0.25, -0.2) is 4.98 Å². The number of benzene rings is 2.